The number of allylic oxidation sites excluding steroid dienone is 1. The predicted molar refractivity (Wildman–Crippen MR) is 295 cm³/mol. The molecule has 406 valence electrons. The van der Waals surface area contributed by atoms with Gasteiger partial charge in [0.15, 0.2) is 0 Å². The molecule has 0 bridgehead atoms. The number of phosphoric ester groups is 1. The number of quaternary nitrogens is 1. The highest BCUT2D eigenvalue weighted by Gasteiger charge is 2.27. The van der Waals surface area contributed by atoms with Gasteiger partial charge in [0.2, 0.25) is 5.91 Å². The minimum Gasteiger partial charge on any atom is -0.387 e. The summed E-state index contributed by atoms with van der Waals surface area (Å²) in [6, 6.07) is -0.839. The molecule has 0 saturated heterocycles. The molecule has 68 heavy (non-hydrogen) atoms. The Balaban J connectivity index is 3.68. The largest absolute Gasteiger partial charge is 0.472 e. The SMILES string of the molecule is CCCCCCC/C=C/C(O)C(COP(=O)(O)OCC[N+](C)(C)C)NC(=O)CCCCCCCCCCCCCCCCCCCCCCCCCCCCCCCCCCCCCCCCC. The molecule has 0 aromatic heterocycles. The topological polar surface area (TPSA) is 105 Å². The van der Waals surface area contributed by atoms with E-state index < -0.39 is 20.0 Å². The molecule has 3 atom stereocenters. The van der Waals surface area contributed by atoms with Gasteiger partial charge in [-0.2, -0.15) is 0 Å². The Labute approximate surface area is 424 Å². The number of carbonyl (C=O) groups is 1. The Bertz CT molecular complexity index is 1120. The monoisotopic (exact) mass is 984 g/mol. The Kier molecular flexibility index (Phi) is 50.6. The van der Waals surface area contributed by atoms with Crippen LogP contribution in [0.3, 0.4) is 0 Å². The third-order valence-electron chi connectivity index (χ3n) is 14.0. The summed E-state index contributed by atoms with van der Waals surface area (Å²) < 4.78 is 23.5. The lowest BCUT2D eigenvalue weighted by atomic mass is 10.0. The van der Waals surface area contributed by atoms with Crippen LogP contribution in [0.25, 0.3) is 0 Å². The van der Waals surface area contributed by atoms with Crippen LogP contribution in [0.1, 0.15) is 309 Å². The van der Waals surface area contributed by atoms with Gasteiger partial charge in [0.25, 0.3) is 0 Å². The lowest BCUT2D eigenvalue weighted by molar-refractivity contribution is -0.870. The van der Waals surface area contributed by atoms with Crippen LogP contribution in [0.15, 0.2) is 12.2 Å². The van der Waals surface area contributed by atoms with Crippen LogP contribution < -0.4 is 5.32 Å². The molecule has 1 amide bonds. The van der Waals surface area contributed by atoms with E-state index in [0.29, 0.717) is 17.4 Å². The smallest absolute Gasteiger partial charge is 0.387 e. The predicted octanol–water partition coefficient (Wildman–Crippen LogP) is 18.2. The Hall–Kier alpha value is -0.760. The van der Waals surface area contributed by atoms with E-state index in [4.69, 9.17) is 9.05 Å². The first-order valence-corrected chi connectivity index (χ1v) is 31.6. The van der Waals surface area contributed by atoms with E-state index in [9.17, 15) is 19.4 Å². The molecule has 0 aliphatic carbocycles. The minimum absolute atomic E-state index is 0.0641. The van der Waals surface area contributed by atoms with Gasteiger partial charge in [-0.25, -0.2) is 4.57 Å². The number of phosphoric acid groups is 1. The summed E-state index contributed by atoms with van der Waals surface area (Å²) in [5.41, 5.74) is 0. The van der Waals surface area contributed by atoms with Crippen molar-refractivity contribution in [3.63, 3.8) is 0 Å². The molecular weight excluding hydrogens is 864 g/mol. The van der Waals surface area contributed by atoms with Crippen LogP contribution in [0.4, 0.5) is 0 Å². The van der Waals surface area contributed by atoms with Crippen LogP contribution in [0.2, 0.25) is 0 Å². The summed E-state index contributed by atoms with van der Waals surface area (Å²) in [7, 11) is 1.58. The molecule has 0 aliphatic heterocycles. The average molecular weight is 985 g/mol. The van der Waals surface area contributed by atoms with Crippen molar-refractivity contribution in [3.8, 4) is 0 Å². The van der Waals surface area contributed by atoms with E-state index in [1.165, 1.54) is 250 Å². The maximum atomic E-state index is 12.9. The fourth-order valence-electron chi connectivity index (χ4n) is 9.28. The fourth-order valence-corrected chi connectivity index (χ4v) is 10.0. The molecule has 9 heteroatoms. The number of rotatable bonds is 56. The van der Waals surface area contributed by atoms with Gasteiger partial charge >= 0.3 is 7.82 Å². The zero-order valence-corrected chi connectivity index (χ0v) is 47.3. The van der Waals surface area contributed by atoms with Gasteiger partial charge in [0, 0.05) is 6.42 Å². The second-order valence-electron chi connectivity index (χ2n) is 22.1. The molecule has 0 aromatic carbocycles. The van der Waals surface area contributed by atoms with Crippen molar-refractivity contribution in [1.29, 1.82) is 0 Å². The number of aliphatic hydroxyl groups excluding tert-OH is 1. The molecule has 0 radical (unpaired) electrons. The zero-order chi connectivity index (χ0) is 49.9. The lowest BCUT2D eigenvalue weighted by Crippen LogP contribution is -2.45. The van der Waals surface area contributed by atoms with Crippen LogP contribution in [-0.4, -0.2) is 73.4 Å². The first-order chi connectivity index (χ1) is 33.0. The number of likely N-dealkylation sites (N-methyl/N-ethyl adjacent to an activating group) is 1. The first kappa shape index (κ1) is 67.2. The summed E-state index contributed by atoms with van der Waals surface area (Å²) in [6.07, 6.45) is 63.9. The highest BCUT2D eigenvalue weighted by atomic mass is 31.2. The van der Waals surface area contributed by atoms with E-state index in [0.717, 1.165) is 38.5 Å². The Morgan fingerprint density at radius 3 is 1.09 bits per heavy atom. The molecule has 0 rings (SSSR count). The molecule has 8 nitrogen and oxygen atoms in total. The average Bonchev–Trinajstić information content (AvgIpc) is 3.30. The number of unbranched alkanes of at least 4 members (excludes halogenated alkanes) is 43. The number of nitrogens with one attached hydrogen (secondary N) is 1. The van der Waals surface area contributed by atoms with Gasteiger partial charge in [-0.05, 0) is 19.3 Å². The van der Waals surface area contributed by atoms with Crippen LogP contribution >= 0.6 is 7.82 Å². The van der Waals surface area contributed by atoms with Gasteiger partial charge in [-0.15, -0.1) is 0 Å². The van der Waals surface area contributed by atoms with E-state index in [2.05, 4.69) is 19.2 Å². The highest BCUT2D eigenvalue weighted by molar-refractivity contribution is 7.47. The number of aliphatic hydroxyl groups is 1. The number of hydrogen-bond donors (Lipinski definition) is 3. The van der Waals surface area contributed by atoms with Crippen molar-refractivity contribution in [1.82, 2.24) is 5.32 Å². The van der Waals surface area contributed by atoms with Crippen molar-refractivity contribution >= 4 is 13.7 Å². The number of amides is 1. The second-order valence-corrected chi connectivity index (χ2v) is 23.5. The van der Waals surface area contributed by atoms with Gasteiger partial charge in [0.1, 0.15) is 13.2 Å². The van der Waals surface area contributed by atoms with Crippen LogP contribution in [0.5, 0.6) is 0 Å². The third-order valence-corrected chi connectivity index (χ3v) is 15.0. The third kappa shape index (κ3) is 53.0. The van der Waals surface area contributed by atoms with E-state index in [-0.39, 0.29) is 19.1 Å². The maximum absolute atomic E-state index is 12.9. The molecule has 0 aliphatic rings. The van der Waals surface area contributed by atoms with Gasteiger partial charge in [-0.1, -0.05) is 296 Å². The standard InChI is InChI=1S/C59H119N2O6P/c1-6-8-10-12-14-15-16-17-18-19-20-21-22-23-24-25-26-27-28-29-30-31-32-33-34-35-36-37-38-39-40-41-42-43-44-45-47-49-51-53-59(63)60-57(58(62)52-50-48-46-13-11-9-7-2)56-67-68(64,65)66-55-54-61(3,4)5/h50,52,57-58,62H,6-49,51,53-56H2,1-5H3,(H-,60,63,64,65)/p+1/b52-50+. The highest BCUT2D eigenvalue weighted by Crippen LogP contribution is 2.43. The van der Waals surface area contributed by atoms with Crippen molar-refractivity contribution < 1.29 is 32.9 Å². The zero-order valence-electron chi connectivity index (χ0n) is 46.4. The number of nitrogens with zero attached hydrogens (tertiary/aromatic N) is 1. The Morgan fingerprint density at radius 2 is 0.779 bits per heavy atom. The molecule has 3 unspecified atom stereocenters. The minimum atomic E-state index is -4.33. The Morgan fingerprint density at radius 1 is 0.485 bits per heavy atom. The van der Waals surface area contributed by atoms with Crippen LogP contribution in [-0.2, 0) is 18.4 Å². The van der Waals surface area contributed by atoms with Gasteiger partial charge in [-0.3, -0.25) is 13.8 Å². The van der Waals surface area contributed by atoms with E-state index in [1.54, 1.807) is 6.08 Å². The van der Waals surface area contributed by atoms with Crippen molar-refractivity contribution in [2.75, 3.05) is 40.9 Å². The molecular formula is C59H120N2O6P+. The maximum Gasteiger partial charge on any atom is 0.472 e. The molecule has 0 heterocycles. The van der Waals surface area contributed by atoms with Crippen molar-refractivity contribution in [3.05, 3.63) is 12.2 Å². The van der Waals surface area contributed by atoms with Gasteiger partial charge < -0.3 is 19.8 Å². The quantitative estimate of drug-likeness (QED) is 0.0243. The second kappa shape index (κ2) is 51.2. The van der Waals surface area contributed by atoms with Crippen molar-refractivity contribution in [2.45, 2.75) is 321 Å². The van der Waals surface area contributed by atoms with E-state index in [1.807, 2.05) is 27.2 Å². The lowest BCUT2D eigenvalue weighted by Gasteiger charge is -2.25. The molecule has 3 N–H and O–H groups in total. The molecule has 0 spiro atoms. The molecule has 0 aromatic rings. The van der Waals surface area contributed by atoms with Crippen LogP contribution in [0, 0.1) is 0 Å². The van der Waals surface area contributed by atoms with Crippen molar-refractivity contribution in [2.24, 2.45) is 0 Å². The first-order valence-electron chi connectivity index (χ1n) is 30.1. The van der Waals surface area contributed by atoms with Gasteiger partial charge in [0.05, 0.1) is 39.9 Å². The normalized spacial score (nSPS) is 13.9. The summed E-state index contributed by atoms with van der Waals surface area (Å²) in [4.78, 5) is 23.1. The molecule has 0 saturated carbocycles. The number of hydrogen-bond acceptors (Lipinski definition) is 5. The summed E-state index contributed by atoms with van der Waals surface area (Å²) in [6.45, 7) is 4.79. The summed E-state index contributed by atoms with van der Waals surface area (Å²) in [5, 5.41) is 13.8. The fraction of sp³-hybridized carbons (Fsp3) is 0.949. The van der Waals surface area contributed by atoms with E-state index >= 15 is 0 Å². The number of carbonyl (C=O) groups excluding carboxylic acids is 1. The molecule has 0 fully saturated rings. The summed E-state index contributed by atoms with van der Waals surface area (Å²) in [5.74, 6) is -0.175. The summed E-state index contributed by atoms with van der Waals surface area (Å²) >= 11 is 0.